The molecule has 0 amide bonds. The fourth-order valence-electron chi connectivity index (χ4n) is 3.53. The maximum atomic E-state index is 12.4. The van der Waals surface area contributed by atoms with E-state index in [1.807, 2.05) is 0 Å². The zero-order valence-corrected chi connectivity index (χ0v) is 15.0. The van der Waals surface area contributed by atoms with Gasteiger partial charge in [-0.3, -0.25) is 14.4 Å². The third kappa shape index (κ3) is 4.79. The Morgan fingerprint density at radius 1 is 1.13 bits per heavy atom. The van der Waals surface area contributed by atoms with Crippen LogP contribution in [0.4, 0.5) is 0 Å². The summed E-state index contributed by atoms with van der Waals surface area (Å²) in [6.07, 6.45) is 2.39. The third-order valence-electron chi connectivity index (χ3n) is 5.14. The van der Waals surface area contributed by atoms with Gasteiger partial charge in [0.1, 0.15) is 5.78 Å². The van der Waals surface area contributed by atoms with E-state index in [0.717, 1.165) is 6.42 Å². The van der Waals surface area contributed by atoms with Crippen LogP contribution in [0, 0.1) is 23.2 Å². The molecule has 0 saturated heterocycles. The van der Waals surface area contributed by atoms with Crippen molar-refractivity contribution in [3.8, 4) is 0 Å². The standard InChI is InChI=1S/C18H30O5/c1-6-18(4,5)14-10-9-12(19)11-13(14)15(16(20)22-7-2)17(21)23-8-3/h13-15H,6-11H2,1-5H3. The number of hydrogen-bond acceptors (Lipinski definition) is 5. The van der Waals surface area contributed by atoms with Gasteiger partial charge in [-0.2, -0.15) is 0 Å². The molecule has 2 atom stereocenters. The monoisotopic (exact) mass is 326 g/mol. The van der Waals surface area contributed by atoms with Crippen LogP contribution < -0.4 is 0 Å². The second-order valence-corrected chi connectivity index (χ2v) is 6.88. The highest BCUT2D eigenvalue weighted by Gasteiger charge is 2.48. The van der Waals surface area contributed by atoms with Crippen LogP contribution in [-0.4, -0.2) is 30.9 Å². The second kappa shape index (κ2) is 8.46. The van der Waals surface area contributed by atoms with Gasteiger partial charge in [0, 0.05) is 12.8 Å². The van der Waals surface area contributed by atoms with E-state index in [0.29, 0.717) is 12.8 Å². The molecule has 0 aliphatic heterocycles. The van der Waals surface area contributed by atoms with Gasteiger partial charge in [0.15, 0.2) is 5.92 Å². The number of rotatable bonds is 7. The van der Waals surface area contributed by atoms with E-state index in [2.05, 4.69) is 20.8 Å². The van der Waals surface area contributed by atoms with Gasteiger partial charge in [0.2, 0.25) is 0 Å². The van der Waals surface area contributed by atoms with Gasteiger partial charge in [-0.25, -0.2) is 0 Å². The Kier molecular flexibility index (Phi) is 7.23. The molecule has 1 rings (SSSR count). The average molecular weight is 326 g/mol. The summed E-state index contributed by atoms with van der Waals surface area (Å²) < 4.78 is 10.2. The van der Waals surface area contributed by atoms with Gasteiger partial charge in [0.05, 0.1) is 13.2 Å². The Morgan fingerprint density at radius 3 is 2.09 bits per heavy atom. The minimum absolute atomic E-state index is 0.0530. The van der Waals surface area contributed by atoms with Gasteiger partial charge in [-0.15, -0.1) is 0 Å². The predicted octanol–water partition coefficient (Wildman–Crippen LogP) is 3.15. The quantitative estimate of drug-likeness (QED) is 0.531. The van der Waals surface area contributed by atoms with E-state index in [1.54, 1.807) is 13.8 Å². The first kappa shape index (κ1) is 19.7. The van der Waals surface area contributed by atoms with Crippen molar-refractivity contribution < 1.29 is 23.9 Å². The van der Waals surface area contributed by atoms with E-state index < -0.39 is 17.9 Å². The topological polar surface area (TPSA) is 69.7 Å². The summed E-state index contributed by atoms with van der Waals surface area (Å²) in [5, 5.41) is 0. The minimum atomic E-state index is -1.00. The first-order valence-corrected chi connectivity index (χ1v) is 8.63. The van der Waals surface area contributed by atoms with Crippen LogP contribution in [0.15, 0.2) is 0 Å². The minimum Gasteiger partial charge on any atom is -0.465 e. The van der Waals surface area contributed by atoms with Crippen LogP contribution in [0.3, 0.4) is 0 Å². The summed E-state index contributed by atoms with van der Waals surface area (Å²) in [6, 6.07) is 0. The second-order valence-electron chi connectivity index (χ2n) is 6.88. The lowest BCUT2D eigenvalue weighted by Crippen LogP contribution is -2.45. The third-order valence-corrected chi connectivity index (χ3v) is 5.14. The lowest BCUT2D eigenvalue weighted by atomic mass is 9.61. The van der Waals surface area contributed by atoms with Gasteiger partial charge in [-0.05, 0) is 37.5 Å². The summed E-state index contributed by atoms with van der Waals surface area (Å²) in [5.74, 6) is -2.26. The predicted molar refractivity (Wildman–Crippen MR) is 86.7 cm³/mol. The van der Waals surface area contributed by atoms with Crippen LogP contribution in [-0.2, 0) is 23.9 Å². The SMILES string of the molecule is CCOC(=O)C(C(=O)OCC)C1CC(=O)CCC1C(C)(C)CC. The first-order chi connectivity index (χ1) is 10.8. The maximum Gasteiger partial charge on any atom is 0.320 e. The molecule has 1 saturated carbocycles. The lowest BCUT2D eigenvalue weighted by Gasteiger charge is -2.43. The molecule has 5 nitrogen and oxygen atoms in total. The lowest BCUT2D eigenvalue weighted by molar-refractivity contribution is -0.167. The molecule has 2 unspecified atom stereocenters. The highest BCUT2D eigenvalue weighted by Crippen LogP contribution is 2.46. The number of hydrogen-bond donors (Lipinski definition) is 0. The number of ether oxygens (including phenoxy) is 2. The van der Waals surface area contributed by atoms with Crippen molar-refractivity contribution in [3.05, 3.63) is 0 Å². The molecule has 0 N–H and O–H groups in total. The molecule has 0 aromatic heterocycles. The molecule has 0 radical (unpaired) electrons. The zero-order chi connectivity index (χ0) is 17.6. The number of Topliss-reactive ketones (excluding diaryl/α,β-unsaturated/α-hetero) is 1. The molecule has 0 heterocycles. The van der Waals surface area contributed by atoms with Crippen molar-refractivity contribution in [1.29, 1.82) is 0 Å². The molecule has 0 bridgehead atoms. The number of esters is 2. The smallest absolute Gasteiger partial charge is 0.320 e. The Morgan fingerprint density at radius 2 is 1.65 bits per heavy atom. The fraction of sp³-hybridized carbons (Fsp3) is 0.833. The van der Waals surface area contributed by atoms with Crippen molar-refractivity contribution >= 4 is 17.7 Å². The van der Waals surface area contributed by atoms with Crippen molar-refractivity contribution in [2.24, 2.45) is 23.2 Å². The molecule has 0 aromatic carbocycles. The molecule has 132 valence electrons. The average Bonchev–Trinajstić information content (AvgIpc) is 2.48. The Balaban J connectivity index is 3.17. The van der Waals surface area contributed by atoms with Gasteiger partial charge in [-0.1, -0.05) is 27.2 Å². The number of ketones is 1. The van der Waals surface area contributed by atoms with Crippen LogP contribution in [0.2, 0.25) is 0 Å². The van der Waals surface area contributed by atoms with E-state index >= 15 is 0 Å². The summed E-state index contributed by atoms with van der Waals surface area (Å²) in [4.78, 5) is 36.8. The highest BCUT2D eigenvalue weighted by atomic mass is 16.6. The molecule has 0 aromatic rings. The van der Waals surface area contributed by atoms with Crippen LogP contribution in [0.25, 0.3) is 0 Å². The van der Waals surface area contributed by atoms with E-state index in [4.69, 9.17) is 9.47 Å². The Labute approximate surface area is 139 Å². The summed E-state index contributed by atoms with van der Waals surface area (Å²) >= 11 is 0. The first-order valence-electron chi connectivity index (χ1n) is 8.63. The summed E-state index contributed by atoms with van der Waals surface area (Å²) in [5.41, 5.74) is -0.0530. The largest absolute Gasteiger partial charge is 0.465 e. The zero-order valence-electron chi connectivity index (χ0n) is 15.0. The molecular weight excluding hydrogens is 296 g/mol. The van der Waals surface area contributed by atoms with Crippen LogP contribution in [0.5, 0.6) is 0 Å². The van der Waals surface area contributed by atoms with E-state index in [9.17, 15) is 14.4 Å². The molecule has 1 aliphatic rings. The molecule has 1 aliphatic carbocycles. The van der Waals surface area contributed by atoms with Crippen molar-refractivity contribution in [2.45, 2.75) is 60.3 Å². The van der Waals surface area contributed by atoms with E-state index in [-0.39, 0.29) is 42.7 Å². The number of carbonyl (C=O) groups is 3. The molecular formula is C18H30O5. The molecule has 0 spiro atoms. The van der Waals surface area contributed by atoms with Gasteiger partial charge >= 0.3 is 11.9 Å². The van der Waals surface area contributed by atoms with E-state index in [1.165, 1.54) is 0 Å². The van der Waals surface area contributed by atoms with Crippen LogP contribution >= 0.6 is 0 Å². The van der Waals surface area contributed by atoms with Gasteiger partial charge < -0.3 is 9.47 Å². The highest BCUT2D eigenvalue weighted by molar-refractivity contribution is 5.96. The number of carbonyl (C=O) groups excluding carboxylic acids is 3. The van der Waals surface area contributed by atoms with Crippen molar-refractivity contribution in [1.82, 2.24) is 0 Å². The Hall–Kier alpha value is -1.39. The normalized spacial score (nSPS) is 22.1. The summed E-state index contributed by atoms with van der Waals surface area (Å²) in [7, 11) is 0. The summed E-state index contributed by atoms with van der Waals surface area (Å²) in [6.45, 7) is 10.2. The fourth-order valence-corrected chi connectivity index (χ4v) is 3.53. The molecule has 23 heavy (non-hydrogen) atoms. The van der Waals surface area contributed by atoms with Gasteiger partial charge in [0.25, 0.3) is 0 Å². The van der Waals surface area contributed by atoms with Crippen LogP contribution in [0.1, 0.15) is 60.3 Å². The molecule has 5 heteroatoms. The Bertz CT molecular complexity index is 423. The molecule has 1 fully saturated rings. The van der Waals surface area contributed by atoms with Crippen molar-refractivity contribution in [2.75, 3.05) is 13.2 Å². The van der Waals surface area contributed by atoms with Crippen molar-refractivity contribution in [3.63, 3.8) is 0 Å². The maximum absolute atomic E-state index is 12.4.